The van der Waals surface area contributed by atoms with Crippen LogP contribution in [0.15, 0.2) is 52.9 Å². The number of fused-ring (bicyclic) bond motifs is 1. The number of ketones is 1. The lowest BCUT2D eigenvalue weighted by Crippen LogP contribution is -2.13. The second-order valence-electron chi connectivity index (χ2n) is 6.63. The van der Waals surface area contributed by atoms with Gasteiger partial charge in [-0.15, -0.1) is 0 Å². The molecule has 0 bridgehead atoms. The molecule has 1 amide bonds. The van der Waals surface area contributed by atoms with E-state index in [1.807, 2.05) is 31.2 Å². The minimum Gasteiger partial charge on any atom is -0.486 e. The zero-order valence-electron chi connectivity index (χ0n) is 16.0. The summed E-state index contributed by atoms with van der Waals surface area (Å²) in [6.45, 7) is 3.69. The van der Waals surface area contributed by atoms with E-state index in [9.17, 15) is 9.59 Å². The molecule has 0 atom stereocenters. The molecular formula is C22H19NO6. The Hall–Kier alpha value is -3.74. The summed E-state index contributed by atoms with van der Waals surface area (Å²) in [7, 11) is 0. The standard InChI is InChI=1S/C22H19NO6/c1-13-3-5-15(6-4-13)26-11-16-7-8-19(29-16)22(25)23-18-10-21-20(27-12-28-21)9-17(18)14(2)24/h3-10H,11-12H2,1-2H3,(H,23,25). The van der Waals surface area contributed by atoms with Gasteiger partial charge < -0.3 is 23.9 Å². The molecule has 0 saturated carbocycles. The molecule has 148 valence electrons. The van der Waals surface area contributed by atoms with Gasteiger partial charge in [-0.3, -0.25) is 9.59 Å². The first kappa shape index (κ1) is 18.6. The fourth-order valence-electron chi connectivity index (χ4n) is 2.89. The number of aryl methyl sites for hydroxylation is 1. The maximum Gasteiger partial charge on any atom is 0.291 e. The van der Waals surface area contributed by atoms with Crippen molar-refractivity contribution in [3.8, 4) is 17.2 Å². The minimum absolute atomic E-state index is 0.0760. The lowest BCUT2D eigenvalue weighted by molar-refractivity contribution is 0.0992. The molecule has 29 heavy (non-hydrogen) atoms. The zero-order chi connectivity index (χ0) is 20.4. The number of ether oxygens (including phenoxy) is 3. The predicted molar refractivity (Wildman–Crippen MR) is 105 cm³/mol. The van der Waals surface area contributed by atoms with Gasteiger partial charge in [-0.2, -0.15) is 0 Å². The molecule has 1 aromatic heterocycles. The Morgan fingerprint density at radius 3 is 2.48 bits per heavy atom. The normalized spacial score (nSPS) is 11.9. The molecule has 1 aliphatic heterocycles. The number of hydrogen-bond donors (Lipinski definition) is 1. The Morgan fingerprint density at radius 1 is 1.03 bits per heavy atom. The van der Waals surface area contributed by atoms with Gasteiger partial charge in [0.25, 0.3) is 5.91 Å². The summed E-state index contributed by atoms with van der Waals surface area (Å²) in [6, 6.07) is 14.0. The number of nitrogens with one attached hydrogen (secondary N) is 1. The van der Waals surface area contributed by atoms with Gasteiger partial charge in [-0.1, -0.05) is 17.7 Å². The molecular weight excluding hydrogens is 374 g/mol. The van der Waals surface area contributed by atoms with Crippen LogP contribution in [-0.2, 0) is 6.61 Å². The van der Waals surface area contributed by atoms with E-state index in [-0.39, 0.29) is 24.9 Å². The largest absolute Gasteiger partial charge is 0.486 e. The fraction of sp³-hybridized carbons (Fsp3) is 0.182. The van der Waals surface area contributed by atoms with Gasteiger partial charge in [0, 0.05) is 11.6 Å². The molecule has 3 aromatic rings. The van der Waals surface area contributed by atoms with Crippen LogP contribution in [0.4, 0.5) is 5.69 Å². The third-order valence-electron chi connectivity index (χ3n) is 4.43. The maximum atomic E-state index is 12.6. The first-order valence-electron chi connectivity index (χ1n) is 9.04. The summed E-state index contributed by atoms with van der Waals surface area (Å²) >= 11 is 0. The van der Waals surface area contributed by atoms with Gasteiger partial charge in [-0.05, 0) is 44.2 Å². The van der Waals surface area contributed by atoms with Crippen LogP contribution in [0.1, 0.15) is 39.2 Å². The van der Waals surface area contributed by atoms with Crippen molar-refractivity contribution in [2.24, 2.45) is 0 Å². The highest BCUT2D eigenvalue weighted by atomic mass is 16.7. The number of rotatable bonds is 6. The van der Waals surface area contributed by atoms with Crippen molar-refractivity contribution in [3.63, 3.8) is 0 Å². The number of amides is 1. The van der Waals surface area contributed by atoms with E-state index in [0.717, 1.165) is 5.56 Å². The molecule has 1 aliphatic rings. The Balaban J connectivity index is 1.45. The minimum atomic E-state index is -0.479. The molecule has 2 heterocycles. The second kappa shape index (κ2) is 7.71. The fourth-order valence-corrected chi connectivity index (χ4v) is 2.89. The Bertz CT molecular complexity index is 1070. The van der Waals surface area contributed by atoms with Gasteiger partial charge in [0.2, 0.25) is 6.79 Å². The molecule has 0 radical (unpaired) electrons. The topological polar surface area (TPSA) is 87.0 Å². The number of anilines is 1. The maximum absolute atomic E-state index is 12.6. The van der Waals surface area contributed by atoms with E-state index < -0.39 is 5.91 Å². The van der Waals surface area contributed by atoms with Crippen LogP contribution < -0.4 is 19.5 Å². The van der Waals surface area contributed by atoms with Gasteiger partial charge in [0.05, 0.1) is 5.69 Å². The van der Waals surface area contributed by atoms with Crippen LogP contribution in [0.25, 0.3) is 0 Å². The zero-order valence-corrected chi connectivity index (χ0v) is 16.0. The molecule has 0 saturated heterocycles. The molecule has 7 nitrogen and oxygen atoms in total. The average molecular weight is 393 g/mol. The summed E-state index contributed by atoms with van der Waals surface area (Å²) in [5.41, 5.74) is 1.81. The third-order valence-corrected chi connectivity index (χ3v) is 4.43. The SMILES string of the molecule is CC(=O)c1cc2c(cc1NC(=O)c1ccc(COc3ccc(C)cc3)o1)OCO2. The van der Waals surface area contributed by atoms with Crippen molar-refractivity contribution in [3.05, 3.63) is 71.2 Å². The molecule has 0 spiro atoms. The highest BCUT2D eigenvalue weighted by molar-refractivity contribution is 6.08. The second-order valence-corrected chi connectivity index (χ2v) is 6.63. The van der Waals surface area contributed by atoms with Crippen LogP contribution in [0.2, 0.25) is 0 Å². The number of Topliss-reactive ketones (excluding diaryl/α,β-unsaturated/α-hetero) is 1. The van der Waals surface area contributed by atoms with E-state index in [1.165, 1.54) is 6.92 Å². The molecule has 7 heteroatoms. The highest BCUT2D eigenvalue weighted by Gasteiger charge is 2.21. The van der Waals surface area contributed by atoms with Crippen LogP contribution in [0.3, 0.4) is 0 Å². The van der Waals surface area contributed by atoms with E-state index in [0.29, 0.717) is 34.3 Å². The Labute approximate surface area is 167 Å². The van der Waals surface area contributed by atoms with E-state index >= 15 is 0 Å². The first-order chi connectivity index (χ1) is 14.0. The summed E-state index contributed by atoms with van der Waals surface area (Å²) in [4.78, 5) is 24.5. The molecule has 2 aromatic carbocycles. The first-order valence-corrected chi connectivity index (χ1v) is 9.04. The summed E-state index contributed by atoms with van der Waals surface area (Å²) in [5.74, 6) is 1.59. The van der Waals surface area contributed by atoms with Crippen molar-refractivity contribution in [2.75, 3.05) is 12.1 Å². The highest BCUT2D eigenvalue weighted by Crippen LogP contribution is 2.37. The van der Waals surface area contributed by atoms with Gasteiger partial charge >= 0.3 is 0 Å². The average Bonchev–Trinajstić information content (AvgIpc) is 3.36. The van der Waals surface area contributed by atoms with Crippen molar-refractivity contribution in [2.45, 2.75) is 20.5 Å². The van der Waals surface area contributed by atoms with Crippen molar-refractivity contribution in [1.29, 1.82) is 0 Å². The molecule has 0 unspecified atom stereocenters. The number of carbonyl (C=O) groups excluding carboxylic acids is 2. The van der Waals surface area contributed by atoms with Crippen molar-refractivity contribution < 1.29 is 28.2 Å². The summed E-state index contributed by atoms with van der Waals surface area (Å²) < 4.78 is 21.8. The quantitative estimate of drug-likeness (QED) is 0.627. The van der Waals surface area contributed by atoms with Gasteiger partial charge in [-0.25, -0.2) is 0 Å². The molecule has 0 fully saturated rings. The van der Waals surface area contributed by atoms with E-state index in [4.69, 9.17) is 18.6 Å². The van der Waals surface area contributed by atoms with Crippen LogP contribution in [0, 0.1) is 6.92 Å². The van der Waals surface area contributed by atoms with Crippen LogP contribution in [-0.4, -0.2) is 18.5 Å². The summed E-state index contributed by atoms with van der Waals surface area (Å²) in [6.07, 6.45) is 0. The van der Waals surface area contributed by atoms with Gasteiger partial charge in [0.1, 0.15) is 18.1 Å². The van der Waals surface area contributed by atoms with Gasteiger partial charge in [0.15, 0.2) is 23.0 Å². The third kappa shape index (κ3) is 4.08. The number of furan rings is 1. The molecule has 4 rings (SSSR count). The monoisotopic (exact) mass is 393 g/mol. The lowest BCUT2D eigenvalue weighted by atomic mass is 10.1. The summed E-state index contributed by atoms with van der Waals surface area (Å²) in [5, 5.41) is 2.70. The van der Waals surface area contributed by atoms with E-state index in [1.54, 1.807) is 24.3 Å². The van der Waals surface area contributed by atoms with Crippen LogP contribution in [0.5, 0.6) is 17.2 Å². The van der Waals surface area contributed by atoms with E-state index in [2.05, 4.69) is 5.32 Å². The number of hydrogen-bond acceptors (Lipinski definition) is 6. The Kier molecular flexibility index (Phi) is 4.95. The molecule has 1 N–H and O–H groups in total. The number of carbonyl (C=O) groups is 2. The smallest absolute Gasteiger partial charge is 0.291 e. The van der Waals surface area contributed by atoms with Crippen LogP contribution >= 0.6 is 0 Å². The molecule has 0 aliphatic carbocycles. The lowest BCUT2D eigenvalue weighted by Gasteiger charge is -2.09. The van der Waals surface area contributed by atoms with Crippen molar-refractivity contribution in [1.82, 2.24) is 0 Å². The predicted octanol–water partition coefficient (Wildman–Crippen LogP) is 4.35. The number of benzene rings is 2. The Morgan fingerprint density at radius 2 is 1.76 bits per heavy atom. The van der Waals surface area contributed by atoms with Crippen molar-refractivity contribution >= 4 is 17.4 Å².